The van der Waals surface area contributed by atoms with Gasteiger partial charge in [0.2, 0.25) is 5.91 Å². The Labute approximate surface area is 118 Å². The third kappa shape index (κ3) is 5.98. The first kappa shape index (κ1) is 15.1. The average molecular weight is 275 g/mol. The van der Waals surface area contributed by atoms with Crippen molar-refractivity contribution in [2.75, 3.05) is 5.32 Å². The van der Waals surface area contributed by atoms with E-state index in [9.17, 15) is 4.79 Å². The summed E-state index contributed by atoms with van der Waals surface area (Å²) in [6.07, 6.45) is 3.50. The third-order valence-electron chi connectivity index (χ3n) is 2.53. The Kier molecular flexibility index (Phi) is 6.55. The summed E-state index contributed by atoms with van der Waals surface area (Å²) >= 11 is 5.04. The summed E-state index contributed by atoms with van der Waals surface area (Å²) in [5, 5.41) is 14.5. The van der Waals surface area contributed by atoms with Gasteiger partial charge in [0.05, 0.1) is 11.6 Å². The molecule has 0 unspecified atom stereocenters. The van der Waals surface area contributed by atoms with Gasteiger partial charge in [-0.2, -0.15) is 5.26 Å². The van der Waals surface area contributed by atoms with E-state index in [1.165, 1.54) is 0 Å². The van der Waals surface area contributed by atoms with Crippen molar-refractivity contribution in [3.05, 3.63) is 29.8 Å². The molecule has 5 heteroatoms. The Morgan fingerprint density at radius 3 is 2.58 bits per heavy atom. The van der Waals surface area contributed by atoms with Gasteiger partial charge in [0, 0.05) is 12.1 Å². The van der Waals surface area contributed by atoms with Gasteiger partial charge < -0.3 is 10.6 Å². The topological polar surface area (TPSA) is 64.9 Å². The summed E-state index contributed by atoms with van der Waals surface area (Å²) in [5.41, 5.74) is 1.33. The van der Waals surface area contributed by atoms with Crippen LogP contribution < -0.4 is 10.6 Å². The smallest absolute Gasteiger partial charge is 0.226 e. The predicted octanol–water partition coefficient (Wildman–Crippen LogP) is 2.95. The van der Waals surface area contributed by atoms with Crippen molar-refractivity contribution in [2.24, 2.45) is 0 Å². The molecule has 0 saturated carbocycles. The fraction of sp³-hybridized carbons (Fsp3) is 0.357. The molecule has 1 amide bonds. The van der Waals surface area contributed by atoms with Crippen LogP contribution in [0.5, 0.6) is 0 Å². The Balaban J connectivity index is 2.38. The molecule has 19 heavy (non-hydrogen) atoms. The number of nitriles is 1. The minimum atomic E-state index is -0.0698. The highest BCUT2D eigenvalue weighted by atomic mass is 32.1. The number of benzene rings is 1. The molecule has 0 aliphatic heterocycles. The number of hydrogen-bond acceptors (Lipinski definition) is 3. The van der Waals surface area contributed by atoms with Gasteiger partial charge in [-0.15, -0.1) is 0 Å². The van der Waals surface area contributed by atoms with Gasteiger partial charge >= 0.3 is 0 Å². The fourth-order valence-electron chi connectivity index (χ4n) is 1.52. The van der Waals surface area contributed by atoms with Gasteiger partial charge in [0.15, 0.2) is 5.11 Å². The molecule has 0 spiro atoms. The van der Waals surface area contributed by atoms with Crippen LogP contribution in [0.15, 0.2) is 24.3 Å². The molecule has 100 valence electrons. The van der Waals surface area contributed by atoms with Crippen molar-refractivity contribution in [3.8, 4) is 6.07 Å². The van der Waals surface area contributed by atoms with Crippen LogP contribution in [0.2, 0.25) is 0 Å². The van der Waals surface area contributed by atoms with E-state index in [4.69, 9.17) is 17.5 Å². The number of anilines is 1. The Morgan fingerprint density at radius 1 is 1.32 bits per heavy atom. The van der Waals surface area contributed by atoms with Gasteiger partial charge in [-0.25, -0.2) is 0 Å². The van der Waals surface area contributed by atoms with E-state index in [1.54, 1.807) is 24.3 Å². The van der Waals surface area contributed by atoms with Crippen LogP contribution in [0.4, 0.5) is 5.69 Å². The molecule has 1 rings (SSSR count). The van der Waals surface area contributed by atoms with E-state index in [1.807, 2.05) is 6.07 Å². The normalized spacial score (nSPS) is 9.47. The number of unbranched alkanes of at least 4 members (excludes halogenated alkanes) is 2. The van der Waals surface area contributed by atoms with Crippen molar-refractivity contribution in [2.45, 2.75) is 32.6 Å². The summed E-state index contributed by atoms with van der Waals surface area (Å²) in [7, 11) is 0. The molecule has 0 radical (unpaired) electrons. The van der Waals surface area contributed by atoms with Crippen LogP contribution in [0.3, 0.4) is 0 Å². The number of carbonyl (C=O) groups excluding carboxylic acids is 1. The Bertz CT molecular complexity index is 476. The molecule has 0 fully saturated rings. The molecule has 0 heterocycles. The van der Waals surface area contributed by atoms with Crippen LogP contribution in [0.25, 0.3) is 0 Å². The summed E-state index contributed by atoms with van der Waals surface area (Å²) < 4.78 is 0. The first-order valence-electron chi connectivity index (χ1n) is 6.26. The number of nitrogens with one attached hydrogen (secondary N) is 2. The highest BCUT2D eigenvalue weighted by Gasteiger charge is 2.04. The second-order valence-corrected chi connectivity index (χ2v) is 4.56. The third-order valence-corrected chi connectivity index (χ3v) is 2.74. The van der Waals surface area contributed by atoms with Crippen LogP contribution in [-0.2, 0) is 4.79 Å². The number of hydrogen-bond donors (Lipinski definition) is 2. The van der Waals surface area contributed by atoms with E-state index in [0.717, 1.165) is 24.9 Å². The molecule has 0 atom stereocenters. The molecule has 0 aromatic heterocycles. The molecule has 0 aliphatic carbocycles. The minimum Gasteiger partial charge on any atom is -0.332 e. The van der Waals surface area contributed by atoms with E-state index in [-0.39, 0.29) is 11.0 Å². The summed E-state index contributed by atoms with van der Waals surface area (Å²) in [5.74, 6) is -0.0698. The minimum absolute atomic E-state index is 0.0698. The molecule has 1 aromatic rings. The zero-order chi connectivity index (χ0) is 14.1. The predicted molar refractivity (Wildman–Crippen MR) is 79.7 cm³/mol. The lowest BCUT2D eigenvalue weighted by Crippen LogP contribution is -2.33. The summed E-state index contributed by atoms with van der Waals surface area (Å²) in [4.78, 5) is 11.5. The van der Waals surface area contributed by atoms with Gasteiger partial charge in [0.1, 0.15) is 0 Å². The molecule has 4 nitrogen and oxygen atoms in total. The highest BCUT2D eigenvalue weighted by molar-refractivity contribution is 7.80. The highest BCUT2D eigenvalue weighted by Crippen LogP contribution is 2.08. The molecule has 2 N–H and O–H groups in total. The molecular formula is C14H17N3OS. The monoisotopic (exact) mass is 275 g/mol. The largest absolute Gasteiger partial charge is 0.332 e. The number of nitrogens with zero attached hydrogens (tertiary/aromatic N) is 1. The van der Waals surface area contributed by atoms with Gasteiger partial charge in [0.25, 0.3) is 0 Å². The van der Waals surface area contributed by atoms with Crippen LogP contribution in [0.1, 0.15) is 38.2 Å². The van der Waals surface area contributed by atoms with Crippen LogP contribution in [0, 0.1) is 11.3 Å². The molecular weight excluding hydrogens is 258 g/mol. The maximum Gasteiger partial charge on any atom is 0.226 e. The lowest BCUT2D eigenvalue weighted by molar-refractivity contribution is -0.119. The zero-order valence-corrected chi connectivity index (χ0v) is 11.7. The Morgan fingerprint density at radius 2 is 2.00 bits per heavy atom. The second kappa shape index (κ2) is 8.22. The van der Waals surface area contributed by atoms with Crippen molar-refractivity contribution in [1.82, 2.24) is 5.32 Å². The number of carbonyl (C=O) groups is 1. The first-order chi connectivity index (χ1) is 9.15. The van der Waals surface area contributed by atoms with E-state index in [0.29, 0.717) is 12.0 Å². The molecule has 0 bridgehead atoms. The maximum absolute atomic E-state index is 11.5. The van der Waals surface area contributed by atoms with Crippen LogP contribution in [-0.4, -0.2) is 11.0 Å². The van der Waals surface area contributed by atoms with Crippen molar-refractivity contribution in [1.29, 1.82) is 5.26 Å². The average Bonchev–Trinajstić information content (AvgIpc) is 2.39. The SMILES string of the molecule is CCCCCC(=O)NC(=S)Nc1ccc(C#N)cc1. The molecule has 1 aromatic carbocycles. The summed E-state index contributed by atoms with van der Waals surface area (Å²) in [6.45, 7) is 2.09. The zero-order valence-electron chi connectivity index (χ0n) is 10.9. The standard InChI is InChI=1S/C14H17N3OS/c1-2-3-4-5-13(18)17-14(19)16-12-8-6-11(10-15)7-9-12/h6-9H,2-5H2,1H3,(H2,16,17,18,19). The lowest BCUT2D eigenvalue weighted by Gasteiger charge is -2.09. The van der Waals surface area contributed by atoms with Gasteiger partial charge in [-0.05, 0) is 42.9 Å². The van der Waals surface area contributed by atoms with Crippen molar-refractivity contribution >= 4 is 28.9 Å². The first-order valence-corrected chi connectivity index (χ1v) is 6.67. The quantitative estimate of drug-likeness (QED) is 0.640. The van der Waals surface area contributed by atoms with E-state index in [2.05, 4.69) is 17.6 Å². The van der Waals surface area contributed by atoms with Crippen molar-refractivity contribution < 1.29 is 4.79 Å². The maximum atomic E-state index is 11.5. The molecule has 0 aliphatic rings. The van der Waals surface area contributed by atoms with Crippen molar-refractivity contribution in [3.63, 3.8) is 0 Å². The number of thiocarbonyl (C=S) groups is 1. The second-order valence-electron chi connectivity index (χ2n) is 4.15. The molecule has 0 saturated heterocycles. The Hall–Kier alpha value is -1.93. The number of amides is 1. The lowest BCUT2D eigenvalue weighted by atomic mass is 10.2. The van der Waals surface area contributed by atoms with E-state index < -0.39 is 0 Å². The summed E-state index contributed by atoms with van der Waals surface area (Å²) in [6, 6.07) is 8.90. The van der Waals surface area contributed by atoms with Crippen LogP contribution >= 0.6 is 12.2 Å². The van der Waals surface area contributed by atoms with Gasteiger partial charge in [-0.1, -0.05) is 19.8 Å². The fourth-order valence-corrected chi connectivity index (χ4v) is 1.75. The van der Waals surface area contributed by atoms with Gasteiger partial charge in [-0.3, -0.25) is 4.79 Å². The number of rotatable bonds is 5. The van der Waals surface area contributed by atoms with E-state index >= 15 is 0 Å².